The predicted octanol–water partition coefficient (Wildman–Crippen LogP) is 1.01. The van der Waals surface area contributed by atoms with E-state index < -0.39 is 11.6 Å². The Kier molecular flexibility index (Phi) is 6.87. The maximum absolute atomic E-state index is 14.6. The zero-order chi connectivity index (χ0) is 15.9. The van der Waals surface area contributed by atoms with Gasteiger partial charge in [-0.1, -0.05) is 0 Å². The molecule has 1 saturated heterocycles. The second-order valence-corrected chi connectivity index (χ2v) is 5.16. The zero-order valence-corrected chi connectivity index (χ0v) is 13.2. The number of alkyl halides is 1. The number of halogens is 1. The van der Waals surface area contributed by atoms with E-state index in [1.807, 2.05) is 13.8 Å². The molecule has 0 bridgehead atoms. The Morgan fingerprint density at radius 1 is 1.29 bits per heavy atom. The number of carbonyl (C=O) groups excluding carboxylic acids is 2. The minimum Gasteiger partial charge on any atom is -0.383 e. The van der Waals surface area contributed by atoms with Gasteiger partial charge in [0.25, 0.3) is 5.91 Å². The summed E-state index contributed by atoms with van der Waals surface area (Å²) >= 11 is 0. The lowest BCUT2D eigenvalue weighted by Crippen LogP contribution is -2.54. The van der Waals surface area contributed by atoms with Crippen LogP contribution in [0.25, 0.3) is 0 Å². The summed E-state index contributed by atoms with van der Waals surface area (Å²) in [6.07, 6.45) is 0.0810. The van der Waals surface area contributed by atoms with Crippen molar-refractivity contribution in [2.24, 2.45) is 0 Å². The summed E-state index contributed by atoms with van der Waals surface area (Å²) in [6, 6.07) is -0.0816. The first-order valence-corrected chi connectivity index (χ1v) is 7.48. The van der Waals surface area contributed by atoms with Crippen molar-refractivity contribution < 1.29 is 18.7 Å². The van der Waals surface area contributed by atoms with E-state index in [4.69, 9.17) is 4.74 Å². The lowest BCUT2D eigenvalue weighted by atomic mass is 9.92. The van der Waals surface area contributed by atoms with Gasteiger partial charge in [0.2, 0.25) is 0 Å². The number of piperidine rings is 1. The SMILES string of the molecule is CCN(CC)C(=O)N1CCC(F)(C(=O)NCCOC)CC1. The van der Waals surface area contributed by atoms with Gasteiger partial charge in [0.05, 0.1) is 6.61 Å². The second kappa shape index (κ2) is 8.17. The lowest BCUT2D eigenvalue weighted by Gasteiger charge is -2.37. The van der Waals surface area contributed by atoms with Gasteiger partial charge in [0, 0.05) is 52.7 Å². The van der Waals surface area contributed by atoms with Crippen molar-refractivity contribution in [3.63, 3.8) is 0 Å². The summed E-state index contributed by atoms with van der Waals surface area (Å²) in [7, 11) is 1.52. The summed E-state index contributed by atoms with van der Waals surface area (Å²) in [5.41, 5.74) is -1.88. The van der Waals surface area contributed by atoms with E-state index in [-0.39, 0.29) is 32.0 Å². The van der Waals surface area contributed by atoms with Crippen molar-refractivity contribution >= 4 is 11.9 Å². The maximum atomic E-state index is 14.6. The highest BCUT2D eigenvalue weighted by molar-refractivity contribution is 5.85. The number of carbonyl (C=O) groups is 2. The molecule has 0 aromatic carbocycles. The molecule has 3 amide bonds. The summed E-state index contributed by atoms with van der Waals surface area (Å²) in [4.78, 5) is 27.3. The third kappa shape index (κ3) is 4.56. The Morgan fingerprint density at radius 3 is 2.33 bits per heavy atom. The number of hydrogen-bond acceptors (Lipinski definition) is 3. The highest BCUT2D eigenvalue weighted by atomic mass is 19.1. The van der Waals surface area contributed by atoms with E-state index in [9.17, 15) is 14.0 Å². The molecule has 1 rings (SSSR count). The Bertz CT molecular complexity index is 353. The molecule has 0 saturated carbocycles. The quantitative estimate of drug-likeness (QED) is 0.745. The third-order valence-corrected chi connectivity index (χ3v) is 3.86. The molecule has 0 atom stereocenters. The fourth-order valence-electron chi connectivity index (χ4n) is 2.40. The fraction of sp³-hybridized carbons (Fsp3) is 0.857. The van der Waals surface area contributed by atoms with Crippen LogP contribution in [0.5, 0.6) is 0 Å². The van der Waals surface area contributed by atoms with Gasteiger partial charge in [-0.3, -0.25) is 4.79 Å². The molecule has 1 fully saturated rings. The Labute approximate surface area is 125 Å². The van der Waals surface area contributed by atoms with Crippen LogP contribution >= 0.6 is 0 Å². The topological polar surface area (TPSA) is 61.9 Å². The average molecular weight is 303 g/mol. The molecule has 1 aliphatic heterocycles. The standard InChI is InChI=1S/C14H26FN3O3/c1-4-17(5-2)13(20)18-9-6-14(15,7-10-18)12(19)16-8-11-21-3/h4-11H2,1-3H3,(H,16,19). The number of urea groups is 1. The smallest absolute Gasteiger partial charge is 0.319 e. The highest BCUT2D eigenvalue weighted by Crippen LogP contribution is 2.27. The molecule has 0 aromatic heterocycles. The first-order chi connectivity index (χ1) is 9.98. The van der Waals surface area contributed by atoms with Gasteiger partial charge in [-0.2, -0.15) is 0 Å². The highest BCUT2D eigenvalue weighted by Gasteiger charge is 2.42. The Hall–Kier alpha value is -1.37. The lowest BCUT2D eigenvalue weighted by molar-refractivity contribution is -0.135. The Morgan fingerprint density at radius 2 is 1.86 bits per heavy atom. The van der Waals surface area contributed by atoms with E-state index in [1.54, 1.807) is 9.80 Å². The van der Waals surface area contributed by atoms with Crippen LogP contribution in [0, 0.1) is 0 Å². The van der Waals surface area contributed by atoms with Gasteiger partial charge in [0.1, 0.15) is 0 Å². The van der Waals surface area contributed by atoms with E-state index in [1.165, 1.54) is 7.11 Å². The molecular weight excluding hydrogens is 277 g/mol. The van der Waals surface area contributed by atoms with Gasteiger partial charge in [0.15, 0.2) is 5.67 Å². The summed E-state index contributed by atoms with van der Waals surface area (Å²) in [6.45, 7) is 6.26. The van der Waals surface area contributed by atoms with Gasteiger partial charge in [-0.25, -0.2) is 9.18 Å². The minimum atomic E-state index is -1.88. The molecule has 0 aromatic rings. The molecule has 122 valence electrons. The van der Waals surface area contributed by atoms with Crippen molar-refractivity contribution in [2.45, 2.75) is 32.4 Å². The van der Waals surface area contributed by atoms with Gasteiger partial charge in [-0.15, -0.1) is 0 Å². The molecule has 1 heterocycles. The van der Waals surface area contributed by atoms with E-state index >= 15 is 0 Å². The average Bonchev–Trinajstić information content (AvgIpc) is 2.49. The number of likely N-dealkylation sites (tertiary alicyclic amines) is 1. The van der Waals surface area contributed by atoms with Crippen LogP contribution < -0.4 is 5.32 Å². The number of methoxy groups -OCH3 is 1. The molecule has 7 heteroatoms. The van der Waals surface area contributed by atoms with E-state index in [0.717, 1.165) is 0 Å². The van der Waals surface area contributed by atoms with Gasteiger partial charge in [-0.05, 0) is 13.8 Å². The molecule has 1 N–H and O–H groups in total. The van der Waals surface area contributed by atoms with Crippen molar-refractivity contribution in [3.05, 3.63) is 0 Å². The number of amides is 3. The normalized spacial score (nSPS) is 17.4. The van der Waals surface area contributed by atoms with E-state index in [0.29, 0.717) is 26.2 Å². The maximum Gasteiger partial charge on any atom is 0.319 e. The molecule has 6 nitrogen and oxygen atoms in total. The van der Waals surface area contributed by atoms with Crippen LogP contribution in [0.3, 0.4) is 0 Å². The van der Waals surface area contributed by atoms with Crippen molar-refractivity contribution in [3.8, 4) is 0 Å². The van der Waals surface area contributed by atoms with E-state index in [2.05, 4.69) is 5.32 Å². The third-order valence-electron chi connectivity index (χ3n) is 3.86. The monoisotopic (exact) mass is 303 g/mol. The molecule has 0 radical (unpaired) electrons. The van der Waals surface area contributed by atoms with Gasteiger partial charge < -0.3 is 19.9 Å². The largest absolute Gasteiger partial charge is 0.383 e. The van der Waals surface area contributed by atoms with Gasteiger partial charge >= 0.3 is 6.03 Å². The van der Waals surface area contributed by atoms with Crippen LogP contribution in [0.4, 0.5) is 9.18 Å². The number of hydrogen-bond donors (Lipinski definition) is 1. The van der Waals surface area contributed by atoms with Crippen LogP contribution in [0.15, 0.2) is 0 Å². The van der Waals surface area contributed by atoms with Crippen LogP contribution in [-0.4, -0.2) is 73.8 Å². The molecule has 0 aliphatic carbocycles. The zero-order valence-electron chi connectivity index (χ0n) is 13.2. The van der Waals surface area contributed by atoms with Crippen molar-refractivity contribution in [2.75, 3.05) is 46.4 Å². The molecule has 1 aliphatic rings. The first-order valence-electron chi connectivity index (χ1n) is 7.48. The molecule has 0 spiro atoms. The number of ether oxygens (including phenoxy) is 1. The van der Waals surface area contributed by atoms with Crippen LogP contribution in [-0.2, 0) is 9.53 Å². The molecule has 0 unspecified atom stereocenters. The Balaban J connectivity index is 2.50. The predicted molar refractivity (Wildman–Crippen MR) is 77.8 cm³/mol. The van der Waals surface area contributed by atoms with Crippen molar-refractivity contribution in [1.29, 1.82) is 0 Å². The van der Waals surface area contributed by atoms with Crippen LogP contribution in [0.2, 0.25) is 0 Å². The molecular formula is C14H26FN3O3. The first kappa shape index (κ1) is 17.7. The minimum absolute atomic E-state index is 0.0405. The van der Waals surface area contributed by atoms with Crippen molar-refractivity contribution in [1.82, 2.24) is 15.1 Å². The number of nitrogens with zero attached hydrogens (tertiary/aromatic N) is 2. The second-order valence-electron chi connectivity index (χ2n) is 5.16. The molecule has 21 heavy (non-hydrogen) atoms. The number of nitrogens with one attached hydrogen (secondary N) is 1. The van der Waals surface area contributed by atoms with Crippen LogP contribution in [0.1, 0.15) is 26.7 Å². The summed E-state index contributed by atoms with van der Waals surface area (Å²) in [5, 5.41) is 2.53. The fourth-order valence-corrected chi connectivity index (χ4v) is 2.40. The number of rotatable bonds is 6. The summed E-state index contributed by atoms with van der Waals surface area (Å²) in [5.74, 6) is -0.602. The summed E-state index contributed by atoms with van der Waals surface area (Å²) < 4.78 is 19.4.